The lowest BCUT2D eigenvalue weighted by atomic mass is 10.1. The minimum Gasteiger partial charge on any atom is -0.469 e. The van der Waals surface area contributed by atoms with Crippen LogP contribution < -0.4 is 5.73 Å². The molecule has 60 valence electrons. The zero-order valence-electron chi connectivity index (χ0n) is 6.92. The van der Waals surface area contributed by atoms with Gasteiger partial charge in [0, 0.05) is 11.1 Å². The van der Waals surface area contributed by atoms with Gasteiger partial charge in [-0.05, 0) is 25.3 Å². The van der Waals surface area contributed by atoms with E-state index in [9.17, 15) is 0 Å². The van der Waals surface area contributed by atoms with Crippen molar-refractivity contribution in [2.75, 3.05) is 0 Å². The van der Waals surface area contributed by atoms with Crippen molar-refractivity contribution in [1.82, 2.24) is 0 Å². The highest BCUT2D eigenvalue weighted by Crippen LogP contribution is 2.50. The molecule has 0 radical (unpaired) electrons. The van der Waals surface area contributed by atoms with Gasteiger partial charge < -0.3 is 10.2 Å². The summed E-state index contributed by atoms with van der Waals surface area (Å²) < 4.78 is 5.20. The molecule has 2 nitrogen and oxygen atoms in total. The minimum absolute atomic E-state index is 0.0723. The SMILES string of the molecule is Cc1occc1C1(N)CC1C. The number of hydrogen-bond donors (Lipinski definition) is 1. The Balaban J connectivity index is 2.37. The number of aryl methyl sites for hydroxylation is 1. The van der Waals surface area contributed by atoms with Crippen molar-refractivity contribution in [1.29, 1.82) is 0 Å². The molecule has 11 heavy (non-hydrogen) atoms. The van der Waals surface area contributed by atoms with Crippen LogP contribution in [0.15, 0.2) is 16.7 Å². The van der Waals surface area contributed by atoms with Gasteiger partial charge in [-0.15, -0.1) is 0 Å². The lowest BCUT2D eigenvalue weighted by molar-refractivity contribution is 0.519. The van der Waals surface area contributed by atoms with Gasteiger partial charge in [0.15, 0.2) is 0 Å². The summed E-state index contributed by atoms with van der Waals surface area (Å²) in [7, 11) is 0. The third-order valence-corrected chi connectivity index (χ3v) is 2.72. The number of hydrogen-bond acceptors (Lipinski definition) is 2. The molecule has 1 fully saturated rings. The molecule has 2 heteroatoms. The first-order valence-corrected chi connectivity index (χ1v) is 3.98. The quantitative estimate of drug-likeness (QED) is 0.664. The Morgan fingerprint density at radius 1 is 1.73 bits per heavy atom. The van der Waals surface area contributed by atoms with E-state index < -0.39 is 0 Å². The molecule has 1 aliphatic carbocycles. The van der Waals surface area contributed by atoms with Gasteiger partial charge >= 0.3 is 0 Å². The summed E-state index contributed by atoms with van der Waals surface area (Å²) in [5, 5.41) is 0. The molecule has 0 spiro atoms. The van der Waals surface area contributed by atoms with E-state index in [2.05, 4.69) is 6.92 Å². The maximum absolute atomic E-state index is 6.10. The number of rotatable bonds is 1. The zero-order valence-corrected chi connectivity index (χ0v) is 6.92. The molecule has 0 saturated heterocycles. The minimum atomic E-state index is -0.0723. The van der Waals surface area contributed by atoms with Crippen LogP contribution in [0.1, 0.15) is 24.7 Å². The summed E-state index contributed by atoms with van der Waals surface area (Å²) in [6.45, 7) is 4.14. The monoisotopic (exact) mass is 151 g/mol. The van der Waals surface area contributed by atoms with Crippen LogP contribution in [0.25, 0.3) is 0 Å². The van der Waals surface area contributed by atoms with E-state index in [1.54, 1.807) is 6.26 Å². The Morgan fingerprint density at radius 3 is 2.73 bits per heavy atom. The first-order valence-electron chi connectivity index (χ1n) is 3.98. The highest BCUT2D eigenvalue weighted by atomic mass is 16.3. The van der Waals surface area contributed by atoms with E-state index in [1.807, 2.05) is 13.0 Å². The Morgan fingerprint density at radius 2 is 2.36 bits per heavy atom. The average molecular weight is 151 g/mol. The predicted octanol–water partition coefficient (Wildman–Crippen LogP) is 1.78. The molecule has 2 unspecified atom stereocenters. The Labute approximate surface area is 66.4 Å². The summed E-state index contributed by atoms with van der Waals surface area (Å²) in [4.78, 5) is 0. The van der Waals surface area contributed by atoms with Crippen molar-refractivity contribution in [2.24, 2.45) is 11.7 Å². The van der Waals surface area contributed by atoms with Crippen LogP contribution in [0, 0.1) is 12.8 Å². The van der Waals surface area contributed by atoms with E-state index in [4.69, 9.17) is 10.2 Å². The molecule has 1 saturated carbocycles. The molecular formula is C9H13NO. The van der Waals surface area contributed by atoms with Gasteiger partial charge in [-0.3, -0.25) is 0 Å². The number of nitrogens with two attached hydrogens (primary N) is 1. The van der Waals surface area contributed by atoms with E-state index in [-0.39, 0.29) is 5.54 Å². The van der Waals surface area contributed by atoms with Gasteiger partial charge in [0.1, 0.15) is 5.76 Å². The van der Waals surface area contributed by atoms with Gasteiger partial charge in [-0.1, -0.05) is 6.92 Å². The Bertz CT molecular complexity index is 279. The zero-order chi connectivity index (χ0) is 8.06. The third kappa shape index (κ3) is 0.824. The topological polar surface area (TPSA) is 39.2 Å². The molecule has 0 amide bonds. The fraction of sp³-hybridized carbons (Fsp3) is 0.556. The second kappa shape index (κ2) is 1.89. The van der Waals surface area contributed by atoms with E-state index >= 15 is 0 Å². The van der Waals surface area contributed by atoms with Crippen LogP contribution in [-0.4, -0.2) is 0 Å². The van der Waals surface area contributed by atoms with E-state index in [1.165, 1.54) is 5.56 Å². The van der Waals surface area contributed by atoms with Crippen molar-refractivity contribution in [2.45, 2.75) is 25.8 Å². The van der Waals surface area contributed by atoms with Gasteiger partial charge in [-0.25, -0.2) is 0 Å². The molecule has 1 heterocycles. The van der Waals surface area contributed by atoms with Crippen LogP contribution in [0.3, 0.4) is 0 Å². The number of furan rings is 1. The molecule has 0 aromatic carbocycles. The molecule has 1 aliphatic rings. The molecular weight excluding hydrogens is 138 g/mol. The molecule has 0 bridgehead atoms. The lowest BCUT2D eigenvalue weighted by Crippen LogP contribution is -2.21. The second-order valence-corrected chi connectivity index (χ2v) is 3.54. The van der Waals surface area contributed by atoms with Crippen LogP contribution in [0.2, 0.25) is 0 Å². The Hall–Kier alpha value is -0.760. The van der Waals surface area contributed by atoms with E-state index in [0.717, 1.165) is 12.2 Å². The first-order chi connectivity index (χ1) is 5.14. The second-order valence-electron chi connectivity index (χ2n) is 3.54. The molecule has 2 rings (SSSR count). The highest BCUT2D eigenvalue weighted by molar-refractivity contribution is 5.32. The van der Waals surface area contributed by atoms with Gasteiger partial charge in [0.05, 0.1) is 6.26 Å². The fourth-order valence-electron chi connectivity index (χ4n) is 1.69. The largest absolute Gasteiger partial charge is 0.469 e. The lowest BCUT2D eigenvalue weighted by Gasteiger charge is -2.07. The van der Waals surface area contributed by atoms with Crippen molar-refractivity contribution in [3.8, 4) is 0 Å². The standard InChI is InChI=1S/C9H13NO/c1-6-5-9(6,10)8-3-4-11-7(8)2/h3-4,6H,5,10H2,1-2H3. The summed E-state index contributed by atoms with van der Waals surface area (Å²) >= 11 is 0. The molecule has 1 aromatic heterocycles. The van der Waals surface area contributed by atoms with Crippen molar-refractivity contribution >= 4 is 0 Å². The fourth-order valence-corrected chi connectivity index (χ4v) is 1.69. The molecule has 0 aliphatic heterocycles. The van der Waals surface area contributed by atoms with E-state index in [0.29, 0.717) is 5.92 Å². The average Bonchev–Trinajstić information content (AvgIpc) is 2.43. The van der Waals surface area contributed by atoms with Crippen LogP contribution in [-0.2, 0) is 5.54 Å². The predicted molar refractivity (Wildman–Crippen MR) is 43.1 cm³/mol. The van der Waals surface area contributed by atoms with Crippen molar-refractivity contribution in [3.05, 3.63) is 23.7 Å². The van der Waals surface area contributed by atoms with Crippen LogP contribution >= 0.6 is 0 Å². The van der Waals surface area contributed by atoms with Crippen LogP contribution in [0.5, 0.6) is 0 Å². The molecule has 2 N–H and O–H groups in total. The Kier molecular flexibility index (Phi) is 1.19. The van der Waals surface area contributed by atoms with Gasteiger partial charge in [0.2, 0.25) is 0 Å². The first kappa shape index (κ1) is 6.92. The molecule has 2 atom stereocenters. The maximum atomic E-state index is 6.10. The van der Waals surface area contributed by atoms with Crippen molar-refractivity contribution < 1.29 is 4.42 Å². The van der Waals surface area contributed by atoms with Gasteiger partial charge in [0.25, 0.3) is 0 Å². The maximum Gasteiger partial charge on any atom is 0.105 e. The third-order valence-electron chi connectivity index (χ3n) is 2.72. The summed E-state index contributed by atoms with van der Waals surface area (Å²) in [5.41, 5.74) is 7.21. The van der Waals surface area contributed by atoms with Crippen LogP contribution in [0.4, 0.5) is 0 Å². The summed E-state index contributed by atoms with van der Waals surface area (Å²) in [6, 6.07) is 1.98. The normalized spacial score (nSPS) is 35.7. The molecule has 1 aromatic rings. The van der Waals surface area contributed by atoms with Gasteiger partial charge in [-0.2, -0.15) is 0 Å². The summed E-state index contributed by atoms with van der Waals surface area (Å²) in [6.07, 6.45) is 2.80. The van der Waals surface area contributed by atoms with Crippen molar-refractivity contribution in [3.63, 3.8) is 0 Å². The smallest absolute Gasteiger partial charge is 0.105 e. The summed E-state index contributed by atoms with van der Waals surface area (Å²) in [5.74, 6) is 1.58. The highest BCUT2D eigenvalue weighted by Gasteiger charge is 2.50.